The summed E-state index contributed by atoms with van der Waals surface area (Å²) in [5, 5.41) is 4.68. The standard InChI is InChI=1S/C31H47N5O5/c1-18-16-19(29(2,3)4)24(20(17-18)30(5,6)7)40-26(37)21-22(32-11)23(27(38)41-35-12-14-39-15-13-35)36-25(21)33-28(34-36)31(8,9)10/h18-20,24H,12-17H2,1-10H3,(H,33,34). The average Bonchev–Trinajstić information content (AvgIpc) is 3.41. The number of hydroxylamine groups is 2. The summed E-state index contributed by atoms with van der Waals surface area (Å²) in [6, 6.07) is 0. The number of carbonyl (C=O) groups is 2. The molecule has 1 N–H and O–H groups in total. The molecule has 10 nitrogen and oxygen atoms in total. The maximum atomic E-state index is 14.2. The van der Waals surface area contributed by atoms with Crippen molar-refractivity contribution >= 4 is 23.3 Å². The van der Waals surface area contributed by atoms with Crippen LogP contribution in [-0.4, -0.2) is 64.0 Å². The summed E-state index contributed by atoms with van der Waals surface area (Å²) in [6.45, 7) is 31.1. The van der Waals surface area contributed by atoms with Gasteiger partial charge in [0.25, 0.3) is 0 Å². The highest BCUT2D eigenvalue weighted by Crippen LogP contribution is 2.50. The van der Waals surface area contributed by atoms with Gasteiger partial charge in [-0.15, -0.1) is 5.06 Å². The number of H-pyrrole nitrogens is 1. The van der Waals surface area contributed by atoms with E-state index in [1.807, 2.05) is 20.8 Å². The Morgan fingerprint density at radius 2 is 1.54 bits per heavy atom. The number of ether oxygens (including phenoxy) is 2. The Kier molecular flexibility index (Phi) is 8.38. The number of hydrogen-bond acceptors (Lipinski definition) is 7. The van der Waals surface area contributed by atoms with Crippen molar-refractivity contribution in [2.75, 3.05) is 26.3 Å². The molecular formula is C31H47N5O5. The van der Waals surface area contributed by atoms with E-state index < -0.39 is 17.4 Å². The molecule has 0 amide bonds. The first-order valence-corrected chi connectivity index (χ1v) is 14.7. The summed E-state index contributed by atoms with van der Waals surface area (Å²) in [5.41, 5.74) is -0.577. The first kappa shape index (κ1) is 31.0. The zero-order chi connectivity index (χ0) is 30.5. The van der Waals surface area contributed by atoms with E-state index in [4.69, 9.17) is 25.9 Å². The lowest BCUT2D eigenvalue weighted by Gasteiger charge is -2.50. The van der Waals surface area contributed by atoms with Crippen molar-refractivity contribution in [1.29, 1.82) is 0 Å². The summed E-state index contributed by atoms with van der Waals surface area (Å²) in [4.78, 5) is 41.8. The van der Waals surface area contributed by atoms with Crippen LogP contribution >= 0.6 is 0 Å². The van der Waals surface area contributed by atoms with E-state index >= 15 is 0 Å². The molecule has 1 aliphatic carbocycles. The molecular weight excluding hydrogens is 522 g/mol. The molecule has 2 fully saturated rings. The zero-order valence-electron chi connectivity index (χ0n) is 26.4. The second-order valence-corrected chi connectivity index (χ2v) is 15.0. The number of rotatable bonds is 4. The lowest BCUT2D eigenvalue weighted by Crippen LogP contribution is -2.49. The van der Waals surface area contributed by atoms with E-state index in [9.17, 15) is 9.59 Å². The largest absolute Gasteiger partial charge is 0.459 e. The van der Waals surface area contributed by atoms with Crippen LogP contribution in [0, 0.1) is 35.2 Å². The van der Waals surface area contributed by atoms with Crippen LogP contribution in [0.2, 0.25) is 0 Å². The molecule has 10 heteroatoms. The van der Waals surface area contributed by atoms with Crippen molar-refractivity contribution in [3.8, 4) is 0 Å². The van der Waals surface area contributed by atoms with Gasteiger partial charge in [0.1, 0.15) is 17.5 Å². The topological polar surface area (TPSA) is 103 Å². The molecule has 1 aliphatic heterocycles. The number of hydrogen-bond donors (Lipinski definition) is 1. The summed E-state index contributed by atoms with van der Waals surface area (Å²) >= 11 is 0. The molecule has 2 aromatic rings. The number of morpholine rings is 1. The van der Waals surface area contributed by atoms with Crippen molar-refractivity contribution in [1.82, 2.24) is 19.7 Å². The van der Waals surface area contributed by atoms with Crippen LogP contribution < -0.4 is 0 Å². The highest BCUT2D eigenvalue weighted by molar-refractivity contribution is 6.09. The zero-order valence-corrected chi connectivity index (χ0v) is 26.4. The van der Waals surface area contributed by atoms with Gasteiger partial charge in [-0.25, -0.2) is 23.9 Å². The van der Waals surface area contributed by atoms with Gasteiger partial charge in [-0.1, -0.05) is 69.2 Å². The van der Waals surface area contributed by atoms with E-state index in [2.05, 4.69) is 58.4 Å². The minimum Gasteiger partial charge on any atom is -0.459 e. The van der Waals surface area contributed by atoms with Gasteiger partial charge in [-0.05, 0) is 29.6 Å². The predicted molar refractivity (Wildman–Crippen MR) is 156 cm³/mol. The second-order valence-electron chi connectivity index (χ2n) is 15.0. The van der Waals surface area contributed by atoms with E-state index in [1.165, 1.54) is 9.58 Å². The fourth-order valence-corrected chi connectivity index (χ4v) is 6.17. The molecule has 1 saturated heterocycles. The fraction of sp³-hybridized carbons (Fsp3) is 0.742. The predicted octanol–water partition coefficient (Wildman–Crippen LogP) is 6.19. The van der Waals surface area contributed by atoms with Gasteiger partial charge >= 0.3 is 11.9 Å². The lowest BCUT2D eigenvalue weighted by atomic mass is 9.59. The monoisotopic (exact) mass is 569 g/mol. The van der Waals surface area contributed by atoms with Gasteiger partial charge in [0.05, 0.1) is 32.9 Å². The van der Waals surface area contributed by atoms with Crippen LogP contribution in [0.3, 0.4) is 0 Å². The molecule has 0 aromatic carbocycles. The Bertz CT molecular complexity index is 1300. The summed E-state index contributed by atoms with van der Waals surface area (Å²) in [5.74, 6) is -0.0321. The molecule has 3 heterocycles. The van der Waals surface area contributed by atoms with Crippen LogP contribution in [0.15, 0.2) is 0 Å². The smallest absolute Gasteiger partial charge is 0.365 e. The van der Waals surface area contributed by atoms with Gasteiger partial charge in [0.2, 0.25) is 5.69 Å². The SMILES string of the molecule is [C-]#[N+]c1c(C(=O)OC2C(C(C)(C)C)CC(C)CC2C(C)(C)C)c2nc(C(C)(C)C)[nH]n2c1C(=O)ON1CCOCC1. The molecule has 0 spiro atoms. The van der Waals surface area contributed by atoms with Crippen LogP contribution in [0.25, 0.3) is 10.5 Å². The molecule has 2 unspecified atom stereocenters. The highest BCUT2D eigenvalue weighted by Gasteiger charge is 2.48. The Labute approximate surface area is 243 Å². The van der Waals surface area contributed by atoms with Crippen molar-refractivity contribution in [2.45, 2.75) is 93.6 Å². The highest BCUT2D eigenvalue weighted by atomic mass is 16.7. The maximum Gasteiger partial charge on any atom is 0.365 e. The number of aromatic amines is 1. The van der Waals surface area contributed by atoms with E-state index in [1.54, 1.807) is 0 Å². The molecule has 0 radical (unpaired) electrons. The van der Waals surface area contributed by atoms with Crippen LogP contribution in [0.4, 0.5) is 5.69 Å². The van der Waals surface area contributed by atoms with Gasteiger partial charge in [-0.2, -0.15) is 0 Å². The average molecular weight is 570 g/mol. The molecule has 2 atom stereocenters. The van der Waals surface area contributed by atoms with E-state index in [0.717, 1.165) is 12.8 Å². The molecule has 1 saturated carbocycles. The number of aromatic nitrogens is 3. The summed E-state index contributed by atoms with van der Waals surface area (Å²) in [7, 11) is 0. The van der Waals surface area contributed by atoms with Crippen LogP contribution in [0.1, 0.15) is 109 Å². The number of nitrogens with zero attached hydrogens (tertiary/aromatic N) is 4. The molecule has 0 bridgehead atoms. The Hall–Kier alpha value is -2.90. The molecule has 41 heavy (non-hydrogen) atoms. The molecule has 2 aliphatic rings. The van der Waals surface area contributed by atoms with Crippen molar-refractivity contribution < 1.29 is 23.9 Å². The summed E-state index contributed by atoms with van der Waals surface area (Å²) < 4.78 is 13.2. The number of carbonyl (C=O) groups excluding carboxylic acids is 2. The van der Waals surface area contributed by atoms with E-state index in [-0.39, 0.29) is 51.4 Å². The minimum atomic E-state index is -0.734. The third-order valence-corrected chi connectivity index (χ3v) is 8.53. The minimum absolute atomic E-state index is 0.000354. The first-order chi connectivity index (χ1) is 18.9. The fourth-order valence-electron chi connectivity index (χ4n) is 6.17. The van der Waals surface area contributed by atoms with Crippen LogP contribution in [0.5, 0.6) is 0 Å². The lowest BCUT2D eigenvalue weighted by molar-refractivity contribution is -0.151. The van der Waals surface area contributed by atoms with Crippen molar-refractivity contribution in [3.63, 3.8) is 0 Å². The normalized spacial score (nSPS) is 24.7. The van der Waals surface area contributed by atoms with Gasteiger partial charge in [-0.3, -0.25) is 5.10 Å². The van der Waals surface area contributed by atoms with Crippen molar-refractivity contribution in [2.24, 2.45) is 28.6 Å². The molecule has 226 valence electrons. The third kappa shape index (κ3) is 6.31. The van der Waals surface area contributed by atoms with Crippen molar-refractivity contribution in [3.05, 3.63) is 28.5 Å². The number of fused-ring (bicyclic) bond motifs is 1. The molecule has 2 aromatic heterocycles. The van der Waals surface area contributed by atoms with Crippen LogP contribution in [-0.2, 0) is 19.7 Å². The number of esters is 1. The Morgan fingerprint density at radius 1 is 0.976 bits per heavy atom. The Balaban J connectivity index is 1.82. The van der Waals surface area contributed by atoms with Gasteiger partial charge in [0.15, 0.2) is 11.3 Å². The van der Waals surface area contributed by atoms with Gasteiger partial charge < -0.3 is 14.3 Å². The van der Waals surface area contributed by atoms with Gasteiger partial charge in [0, 0.05) is 17.3 Å². The third-order valence-electron chi connectivity index (χ3n) is 8.53. The Morgan fingerprint density at radius 3 is 2.02 bits per heavy atom. The first-order valence-electron chi connectivity index (χ1n) is 14.7. The number of nitrogens with one attached hydrogen (secondary N) is 1. The second kappa shape index (κ2) is 11.1. The summed E-state index contributed by atoms with van der Waals surface area (Å²) in [6.07, 6.45) is 1.54. The van der Waals surface area contributed by atoms with E-state index in [0.29, 0.717) is 38.0 Å². The quantitative estimate of drug-likeness (QED) is 0.346. The molecule has 4 rings (SSSR count). The maximum absolute atomic E-state index is 14.2.